The molecule has 5 nitrogen and oxygen atoms in total. The van der Waals surface area contributed by atoms with E-state index < -0.39 is 22.8 Å². The Hall–Kier alpha value is -2.32. The molecule has 0 aliphatic heterocycles. The van der Waals surface area contributed by atoms with E-state index in [4.69, 9.17) is 16.3 Å². The molecule has 0 bridgehead atoms. The number of urea groups is 1. The van der Waals surface area contributed by atoms with E-state index in [0.717, 1.165) is 36.2 Å². The summed E-state index contributed by atoms with van der Waals surface area (Å²) in [7, 11) is 1.63. The highest BCUT2D eigenvalue weighted by atomic mass is 35.5. The number of benzene rings is 1. The Morgan fingerprint density at radius 3 is 2.78 bits per heavy atom. The molecule has 0 radical (unpaired) electrons. The molecule has 2 N–H and O–H groups in total. The molecule has 1 aliphatic carbocycles. The summed E-state index contributed by atoms with van der Waals surface area (Å²) in [5.41, 5.74) is 1.29. The number of carbonyl (C=O) groups excluding carboxylic acids is 1. The standard InChI is InChI=1S/C18H17ClF3N3O2/c1-27-11-3-5-15-12(9-11)16(6-7-23-15)25-17(26)24-10-2-4-14(19)13(8-10)18(20,21)22/h2,4,6-8,11H,3,5,9H2,1H3,(H2,23,24,25,26). The Bertz CT molecular complexity index is 858. The highest BCUT2D eigenvalue weighted by Gasteiger charge is 2.33. The van der Waals surface area contributed by atoms with Gasteiger partial charge in [0.25, 0.3) is 0 Å². The first-order valence-electron chi connectivity index (χ1n) is 8.22. The molecule has 2 amide bonds. The first-order chi connectivity index (χ1) is 12.8. The van der Waals surface area contributed by atoms with Crippen molar-refractivity contribution in [2.75, 3.05) is 17.7 Å². The van der Waals surface area contributed by atoms with E-state index in [-0.39, 0.29) is 11.8 Å². The van der Waals surface area contributed by atoms with Gasteiger partial charge in [-0.05, 0) is 42.7 Å². The number of aryl methyl sites for hydroxylation is 1. The molecule has 2 aromatic rings. The summed E-state index contributed by atoms with van der Waals surface area (Å²) >= 11 is 5.59. The van der Waals surface area contributed by atoms with Crippen molar-refractivity contribution in [3.05, 3.63) is 52.3 Å². The summed E-state index contributed by atoms with van der Waals surface area (Å²) in [6, 6.07) is 4.19. The lowest BCUT2D eigenvalue weighted by Gasteiger charge is -2.24. The van der Waals surface area contributed by atoms with Gasteiger partial charge in [-0.25, -0.2) is 4.79 Å². The van der Waals surface area contributed by atoms with Crippen LogP contribution in [-0.2, 0) is 23.8 Å². The second kappa shape index (κ2) is 7.74. The molecule has 1 unspecified atom stereocenters. The van der Waals surface area contributed by atoms with Crippen LogP contribution in [0.4, 0.5) is 29.3 Å². The normalized spacial score (nSPS) is 16.6. The van der Waals surface area contributed by atoms with E-state index in [1.807, 2.05) is 0 Å². The number of hydrogen-bond donors (Lipinski definition) is 2. The van der Waals surface area contributed by atoms with Crippen LogP contribution in [-0.4, -0.2) is 24.2 Å². The van der Waals surface area contributed by atoms with Crippen LogP contribution in [0.25, 0.3) is 0 Å². The van der Waals surface area contributed by atoms with E-state index in [1.165, 1.54) is 6.07 Å². The first-order valence-corrected chi connectivity index (χ1v) is 8.60. The van der Waals surface area contributed by atoms with Crippen LogP contribution < -0.4 is 10.6 Å². The topological polar surface area (TPSA) is 63.2 Å². The van der Waals surface area contributed by atoms with Crippen molar-refractivity contribution in [3.8, 4) is 0 Å². The van der Waals surface area contributed by atoms with E-state index in [0.29, 0.717) is 12.1 Å². The van der Waals surface area contributed by atoms with Gasteiger partial charge in [-0.15, -0.1) is 0 Å². The van der Waals surface area contributed by atoms with Gasteiger partial charge in [-0.3, -0.25) is 4.98 Å². The summed E-state index contributed by atoms with van der Waals surface area (Å²) in [6.07, 6.45) is -0.797. The lowest BCUT2D eigenvalue weighted by atomic mass is 9.92. The number of amides is 2. The zero-order valence-corrected chi connectivity index (χ0v) is 15.1. The van der Waals surface area contributed by atoms with Gasteiger partial charge < -0.3 is 15.4 Å². The molecule has 1 aromatic heterocycles. The molecular formula is C18H17ClF3N3O2. The number of methoxy groups -OCH3 is 1. The Kier molecular flexibility index (Phi) is 5.57. The van der Waals surface area contributed by atoms with Crippen LogP contribution in [0.15, 0.2) is 30.5 Å². The first kappa shape index (κ1) is 19.4. The van der Waals surface area contributed by atoms with Gasteiger partial charge in [0.15, 0.2) is 0 Å². The number of carbonyl (C=O) groups is 1. The smallest absolute Gasteiger partial charge is 0.381 e. The van der Waals surface area contributed by atoms with Crippen molar-refractivity contribution < 1.29 is 22.7 Å². The molecule has 1 aromatic carbocycles. The molecule has 0 fully saturated rings. The fourth-order valence-electron chi connectivity index (χ4n) is 3.03. The van der Waals surface area contributed by atoms with Gasteiger partial charge in [-0.1, -0.05) is 11.6 Å². The number of aromatic nitrogens is 1. The van der Waals surface area contributed by atoms with Crippen LogP contribution in [0.3, 0.4) is 0 Å². The Labute approximate surface area is 158 Å². The quantitative estimate of drug-likeness (QED) is 0.771. The van der Waals surface area contributed by atoms with Gasteiger partial charge in [0.1, 0.15) is 0 Å². The van der Waals surface area contributed by atoms with Gasteiger partial charge >= 0.3 is 12.2 Å². The SMILES string of the molecule is COC1CCc2nccc(NC(=O)Nc3ccc(Cl)c(C(F)(F)F)c3)c2C1. The minimum Gasteiger partial charge on any atom is -0.381 e. The van der Waals surface area contributed by atoms with Crippen LogP contribution >= 0.6 is 11.6 Å². The number of rotatable bonds is 3. The van der Waals surface area contributed by atoms with E-state index in [9.17, 15) is 18.0 Å². The molecule has 3 rings (SSSR count). The summed E-state index contributed by atoms with van der Waals surface area (Å²) in [6.45, 7) is 0. The molecule has 1 heterocycles. The van der Waals surface area contributed by atoms with E-state index in [1.54, 1.807) is 19.4 Å². The number of pyridine rings is 1. The highest BCUT2D eigenvalue weighted by Crippen LogP contribution is 2.36. The average molecular weight is 400 g/mol. The van der Waals surface area contributed by atoms with Gasteiger partial charge in [0.2, 0.25) is 0 Å². The minimum atomic E-state index is -4.61. The maximum Gasteiger partial charge on any atom is 0.417 e. The second-order valence-electron chi connectivity index (χ2n) is 6.16. The lowest BCUT2D eigenvalue weighted by molar-refractivity contribution is -0.137. The molecule has 144 valence electrons. The van der Waals surface area contributed by atoms with Crippen molar-refractivity contribution in [2.24, 2.45) is 0 Å². The molecule has 1 atom stereocenters. The molecule has 9 heteroatoms. The van der Waals surface area contributed by atoms with E-state index >= 15 is 0 Å². The second-order valence-corrected chi connectivity index (χ2v) is 6.56. The molecule has 0 spiro atoms. The van der Waals surface area contributed by atoms with Crippen LogP contribution in [0.2, 0.25) is 5.02 Å². The summed E-state index contributed by atoms with van der Waals surface area (Å²) in [5, 5.41) is 4.65. The number of hydrogen-bond acceptors (Lipinski definition) is 3. The number of ether oxygens (including phenoxy) is 1. The van der Waals surface area contributed by atoms with Crippen molar-refractivity contribution >= 4 is 29.0 Å². The average Bonchev–Trinajstić information content (AvgIpc) is 2.62. The van der Waals surface area contributed by atoms with Crippen LogP contribution in [0.1, 0.15) is 23.2 Å². The minimum absolute atomic E-state index is 0.0121. The number of anilines is 2. The number of nitrogens with one attached hydrogen (secondary N) is 2. The third-order valence-electron chi connectivity index (χ3n) is 4.39. The summed E-state index contributed by atoms with van der Waals surface area (Å²) in [4.78, 5) is 16.6. The molecule has 0 saturated heterocycles. The summed E-state index contributed by atoms with van der Waals surface area (Å²) < 4.78 is 44.2. The van der Waals surface area contributed by atoms with Crippen LogP contribution in [0, 0.1) is 0 Å². The zero-order valence-electron chi connectivity index (χ0n) is 14.4. The predicted octanol–water partition coefficient (Wildman–Crippen LogP) is 4.90. The third-order valence-corrected chi connectivity index (χ3v) is 4.72. The molecule has 0 saturated carbocycles. The molecule has 1 aliphatic rings. The van der Waals surface area contributed by atoms with Gasteiger partial charge in [-0.2, -0.15) is 13.2 Å². The lowest BCUT2D eigenvalue weighted by Crippen LogP contribution is -2.26. The molecule has 27 heavy (non-hydrogen) atoms. The van der Waals surface area contributed by atoms with Crippen molar-refractivity contribution in [3.63, 3.8) is 0 Å². The fraction of sp³-hybridized carbons (Fsp3) is 0.333. The Morgan fingerprint density at radius 2 is 2.07 bits per heavy atom. The number of nitrogens with zero attached hydrogens (tertiary/aromatic N) is 1. The van der Waals surface area contributed by atoms with Gasteiger partial charge in [0, 0.05) is 36.8 Å². The fourth-order valence-corrected chi connectivity index (χ4v) is 3.25. The van der Waals surface area contributed by atoms with Crippen LogP contribution in [0.5, 0.6) is 0 Å². The van der Waals surface area contributed by atoms with E-state index in [2.05, 4.69) is 15.6 Å². The maximum absolute atomic E-state index is 12.9. The zero-order chi connectivity index (χ0) is 19.6. The number of alkyl halides is 3. The highest BCUT2D eigenvalue weighted by molar-refractivity contribution is 6.31. The Morgan fingerprint density at radius 1 is 1.30 bits per heavy atom. The number of fused-ring (bicyclic) bond motifs is 1. The van der Waals surface area contributed by atoms with Crippen molar-refractivity contribution in [2.45, 2.75) is 31.5 Å². The monoisotopic (exact) mass is 399 g/mol. The Balaban J connectivity index is 1.76. The van der Waals surface area contributed by atoms with Crippen molar-refractivity contribution in [1.29, 1.82) is 0 Å². The van der Waals surface area contributed by atoms with Gasteiger partial charge in [0.05, 0.1) is 16.7 Å². The largest absolute Gasteiger partial charge is 0.417 e. The summed E-state index contributed by atoms with van der Waals surface area (Å²) in [5.74, 6) is 0. The third kappa shape index (κ3) is 4.51. The predicted molar refractivity (Wildman–Crippen MR) is 96.2 cm³/mol. The van der Waals surface area contributed by atoms with Crippen molar-refractivity contribution in [1.82, 2.24) is 4.98 Å². The molecular weight excluding hydrogens is 383 g/mol. The maximum atomic E-state index is 12.9. The number of halogens is 4.